The van der Waals surface area contributed by atoms with Crippen molar-refractivity contribution in [2.45, 2.75) is 19.8 Å². The summed E-state index contributed by atoms with van der Waals surface area (Å²) in [6.07, 6.45) is 1.43. The van der Waals surface area contributed by atoms with E-state index in [9.17, 15) is 14.4 Å². The quantitative estimate of drug-likeness (QED) is 0.679. The number of aromatic carboxylic acids is 1. The number of carbonyl (C=O) groups excluding carboxylic acids is 2. The van der Waals surface area contributed by atoms with E-state index in [-0.39, 0.29) is 17.4 Å². The molecule has 0 saturated heterocycles. The van der Waals surface area contributed by atoms with E-state index >= 15 is 0 Å². The fourth-order valence-electron chi connectivity index (χ4n) is 2.38. The topological polar surface area (TPSA) is 95.5 Å². The number of carboxylic acids is 1. The van der Waals surface area contributed by atoms with E-state index in [1.54, 1.807) is 36.4 Å². The van der Waals surface area contributed by atoms with E-state index < -0.39 is 5.97 Å². The van der Waals surface area contributed by atoms with Crippen LogP contribution in [0.5, 0.6) is 0 Å². The van der Waals surface area contributed by atoms with E-state index in [2.05, 4.69) is 10.6 Å². The number of benzene rings is 2. The summed E-state index contributed by atoms with van der Waals surface area (Å²) < 4.78 is 0. The minimum atomic E-state index is -0.965. The molecule has 6 heteroatoms. The zero-order valence-corrected chi connectivity index (χ0v) is 14.6. The van der Waals surface area contributed by atoms with Crippen LogP contribution in [0.4, 0.5) is 0 Å². The van der Waals surface area contributed by atoms with Crippen molar-refractivity contribution in [3.8, 4) is 0 Å². The van der Waals surface area contributed by atoms with Crippen molar-refractivity contribution in [2.24, 2.45) is 0 Å². The third-order valence-electron chi connectivity index (χ3n) is 3.82. The van der Waals surface area contributed by atoms with Crippen LogP contribution >= 0.6 is 0 Å². The summed E-state index contributed by atoms with van der Waals surface area (Å²) in [5, 5.41) is 14.5. The Balaban J connectivity index is 1.89. The van der Waals surface area contributed by atoms with Crippen LogP contribution in [0, 0.1) is 0 Å². The maximum atomic E-state index is 12.2. The van der Waals surface area contributed by atoms with Gasteiger partial charge < -0.3 is 15.7 Å². The molecule has 0 aliphatic rings. The Labute approximate surface area is 152 Å². The van der Waals surface area contributed by atoms with Crippen LogP contribution < -0.4 is 10.6 Å². The molecule has 0 bridgehead atoms. The molecule has 0 unspecified atom stereocenters. The van der Waals surface area contributed by atoms with Crippen LogP contribution in [0.2, 0.25) is 0 Å². The number of hydrogen-bond donors (Lipinski definition) is 3. The average Bonchev–Trinajstić information content (AvgIpc) is 2.66. The van der Waals surface area contributed by atoms with Gasteiger partial charge in [-0.05, 0) is 48.7 Å². The van der Waals surface area contributed by atoms with Gasteiger partial charge in [0.15, 0.2) is 0 Å². The molecule has 0 aliphatic heterocycles. The molecule has 6 nitrogen and oxygen atoms in total. The predicted octanol–water partition coefficient (Wildman–Crippen LogP) is 2.50. The van der Waals surface area contributed by atoms with Gasteiger partial charge in [0.25, 0.3) is 11.8 Å². The van der Waals surface area contributed by atoms with Gasteiger partial charge in [-0.1, -0.05) is 25.1 Å². The lowest BCUT2D eigenvalue weighted by molar-refractivity contribution is 0.0696. The van der Waals surface area contributed by atoms with Gasteiger partial charge in [-0.2, -0.15) is 0 Å². The molecule has 26 heavy (non-hydrogen) atoms. The van der Waals surface area contributed by atoms with Crippen molar-refractivity contribution < 1.29 is 19.5 Å². The van der Waals surface area contributed by atoms with Gasteiger partial charge in [0.05, 0.1) is 5.56 Å². The lowest BCUT2D eigenvalue weighted by Crippen LogP contribution is -2.27. The molecule has 0 atom stereocenters. The molecule has 2 amide bonds. The van der Waals surface area contributed by atoms with Crippen LogP contribution in [0.25, 0.3) is 0 Å². The van der Waals surface area contributed by atoms with Gasteiger partial charge in [-0.25, -0.2) is 4.79 Å². The summed E-state index contributed by atoms with van der Waals surface area (Å²) >= 11 is 0. The van der Waals surface area contributed by atoms with Crippen LogP contribution in [0.1, 0.15) is 50.0 Å². The molecule has 136 valence electrons. The molecular weight excluding hydrogens is 332 g/mol. The standard InChI is InChI=1S/C20H22N2O4/c1-2-11-21-18(23)16-4-3-5-17(13-16)19(24)22-12-10-14-6-8-15(9-7-14)20(25)26/h3-9,13H,2,10-12H2,1H3,(H,21,23)(H,22,24)(H,25,26). The Hall–Kier alpha value is -3.15. The molecule has 0 heterocycles. The Morgan fingerprint density at radius 1 is 0.846 bits per heavy atom. The Morgan fingerprint density at radius 3 is 1.96 bits per heavy atom. The molecule has 0 aromatic heterocycles. The fourth-order valence-corrected chi connectivity index (χ4v) is 2.38. The Morgan fingerprint density at radius 2 is 1.42 bits per heavy atom. The summed E-state index contributed by atoms with van der Waals surface area (Å²) in [5.74, 6) is -1.41. The summed E-state index contributed by atoms with van der Waals surface area (Å²) in [4.78, 5) is 35.0. The third kappa shape index (κ3) is 5.44. The maximum absolute atomic E-state index is 12.2. The lowest BCUT2D eigenvalue weighted by atomic mass is 10.1. The number of nitrogens with one attached hydrogen (secondary N) is 2. The number of carbonyl (C=O) groups is 3. The number of carboxylic acid groups (broad SMARTS) is 1. The summed E-state index contributed by atoms with van der Waals surface area (Å²) in [6.45, 7) is 2.98. The number of hydrogen-bond acceptors (Lipinski definition) is 3. The number of rotatable bonds is 8. The third-order valence-corrected chi connectivity index (χ3v) is 3.82. The molecule has 2 aromatic rings. The highest BCUT2D eigenvalue weighted by Crippen LogP contribution is 2.07. The highest BCUT2D eigenvalue weighted by Gasteiger charge is 2.10. The molecule has 0 fully saturated rings. The summed E-state index contributed by atoms with van der Waals surface area (Å²) in [5.41, 5.74) is 2.05. The van der Waals surface area contributed by atoms with Crippen LogP contribution in [-0.2, 0) is 6.42 Å². The SMILES string of the molecule is CCCNC(=O)c1cccc(C(=O)NCCc2ccc(C(=O)O)cc2)c1. The molecule has 0 spiro atoms. The van der Waals surface area contributed by atoms with Crippen molar-refractivity contribution in [2.75, 3.05) is 13.1 Å². The van der Waals surface area contributed by atoms with Crippen molar-refractivity contribution in [3.05, 3.63) is 70.8 Å². The second-order valence-corrected chi connectivity index (χ2v) is 5.84. The van der Waals surface area contributed by atoms with Crippen LogP contribution in [0.3, 0.4) is 0 Å². The Kier molecular flexibility index (Phi) is 6.91. The van der Waals surface area contributed by atoms with Crippen molar-refractivity contribution in [3.63, 3.8) is 0 Å². The minimum Gasteiger partial charge on any atom is -0.478 e. The van der Waals surface area contributed by atoms with E-state index in [4.69, 9.17) is 5.11 Å². The van der Waals surface area contributed by atoms with Gasteiger partial charge in [0, 0.05) is 24.2 Å². The van der Waals surface area contributed by atoms with Crippen LogP contribution in [-0.4, -0.2) is 36.0 Å². The fraction of sp³-hybridized carbons (Fsp3) is 0.250. The first kappa shape index (κ1) is 19.2. The van der Waals surface area contributed by atoms with Gasteiger partial charge >= 0.3 is 5.97 Å². The van der Waals surface area contributed by atoms with E-state index in [0.717, 1.165) is 12.0 Å². The molecule has 0 saturated carbocycles. The van der Waals surface area contributed by atoms with Crippen LogP contribution in [0.15, 0.2) is 48.5 Å². The van der Waals surface area contributed by atoms with Gasteiger partial charge in [-0.15, -0.1) is 0 Å². The zero-order chi connectivity index (χ0) is 18.9. The second kappa shape index (κ2) is 9.36. The predicted molar refractivity (Wildman–Crippen MR) is 98.5 cm³/mol. The monoisotopic (exact) mass is 354 g/mol. The normalized spacial score (nSPS) is 10.2. The first-order chi connectivity index (χ1) is 12.5. The minimum absolute atomic E-state index is 0.194. The van der Waals surface area contributed by atoms with Gasteiger partial charge in [0.1, 0.15) is 0 Å². The Bertz CT molecular complexity index is 785. The highest BCUT2D eigenvalue weighted by molar-refractivity contribution is 5.99. The maximum Gasteiger partial charge on any atom is 0.335 e. The molecule has 3 N–H and O–H groups in total. The van der Waals surface area contributed by atoms with Gasteiger partial charge in [-0.3, -0.25) is 9.59 Å². The lowest BCUT2D eigenvalue weighted by Gasteiger charge is -2.08. The molecule has 2 rings (SSSR count). The molecule has 0 radical (unpaired) electrons. The largest absolute Gasteiger partial charge is 0.478 e. The van der Waals surface area contributed by atoms with Crippen molar-refractivity contribution >= 4 is 17.8 Å². The van der Waals surface area contributed by atoms with Gasteiger partial charge in [0.2, 0.25) is 0 Å². The number of amides is 2. The van der Waals surface area contributed by atoms with Crippen molar-refractivity contribution in [1.82, 2.24) is 10.6 Å². The van der Waals surface area contributed by atoms with E-state index in [0.29, 0.717) is 30.6 Å². The van der Waals surface area contributed by atoms with Crippen molar-refractivity contribution in [1.29, 1.82) is 0 Å². The molecular formula is C20H22N2O4. The molecule has 2 aromatic carbocycles. The second-order valence-electron chi connectivity index (χ2n) is 5.84. The first-order valence-electron chi connectivity index (χ1n) is 8.50. The highest BCUT2D eigenvalue weighted by atomic mass is 16.4. The first-order valence-corrected chi connectivity index (χ1v) is 8.50. The molecule has 0 aliphatic carbocycles. The summed E-state index contributed by atoms with van der Waals surface area (Å²) in [6, 6.07) is 13.1. The van der Waals surface area contributed by atoms with E-state index in [1.165, 1.54) is 12.1 Å². The summed E-state index contributed by atoms with van der Waals surface area (Å²) in [7, 11) is 0. The smallest absolute Gasteiger partial charge is 0.335 e. The van der Waals surface area contributed by atoms with E-state index in [1.807, 2.05) is 6.92 Å². The average molecular weight is 354 g/mol. The zero-order valence-electron chi connectivity index (χ0n) is 14.6.